The fourth-order valence-corrected chi connectivity index (χ4v) is 2.86. The third kappa shape index (κ3) is 3.88. The van der Waals surface area contributed by atoms with Gasteiger partial charge in [0.2, 0.25) is 0 Å². The Labute approximate surface area is 163 Å². The molecule has 28 heavy (non-hydrogen) atoms. The van der Waals surface area contributed by atoms with Crippen LogP contribution in [0.5, 0.6) is 23.0 Å². The molecule has 5 nitrogen and oxygen atoms in total. The van der Waals surface area contributed by atoms with Gasteiger partial charge in [-0.1, -0.05) is 30.3 Å². The van der Waals surface area contributed by atoms with E-state index in [0.717, 1.165) is 17.1 Å². The van der Waals surface area contributed by atoms with E-state index in [1.807, 2.05) is 78.9 Å². The quantitative estimate of drug-likeness (QED) is 0.454. The molecule has 0 saturated carbocycles. The largest absolute Gasteiger partial charge is 0.457 e. The Hall–Kier alpha value is -3.99. The zero-order valence-corrected chi connectivity index (χ0v) is 15.1. The molecule has 0 bridgehead atoms. The van der Waals surface area contributed by atoms with Crippen LogP contribution in [-0.4, -0.2) is 4.98 Å². The highest BCUT2D eigenvalue weighted by Gasteiger charge is 2.13. The normalized spacial score (nSPS) is 10.4. The predicted molar refractivity (Wildman–Crippen MR) is 112 cm³/mol. The van der Waals surface area contributed by atoms with Crippen LogP contribution in [0.3, 0.4) is 0 Å². The van der Waals surface area contributed by atoms with Crippen molar-refractivity contribution in [3.63, 3.8) is 0 Å². The SMILES string of the molecule is Nc1cccc(-c2c(Oc3ccc(Oc4ccccc4)cc3)ccnc2N)c1. The van der Waals surface area contributed by atoms with Gasteiger partial charge in [-0.2, -0.15) is 0 Å². The van der Waals surface area contributed by atoms with Crippen LogP contribution in [0.4, 0.5) is 11.5 Å². The molecule has 0 aliphatic rings. The van der Waals surface area contributed by atoms with Crippen molar-refractivity contribution < 1.29 is 9.47 Å². The number of hydrogen-bond acceptors (Lipinski definition) is 5. The van der Waals surface area contributed by atoms with Crippen LogP contribution in [-0.2, 0) is 0 Å². The van der Waals surface area contributed by atoms with Gasteiger partial charge in [0.25, 0.3) is 0 Å². The van der Waals surface area contributed by atoms with Crippen LogP contribution in [0.1, 0.15) is 0 Å². The van der Waals surface area contributed by atoms with Crippen molar-refractivity contribution in [2.24, 2.45) is 0 Å². The van der Waals surface area contributed by atoms with Crippen LogP contribution in [0.15, 0.2) is 91.1 Å². The Morgan fingerprint density at radius 3 is 2.04 bits per heavy atom. The average molecular weight is 369 g/mol. The number of hydrogen-bond donors (Lipinski definition) is 2. The molecule has 4 aromatic rings. The lowest BCUT2D eigenvalue weighted by Crippen LogP contribution is -1.98. The summed E-state index contributed by atoms with van der Waals surface area (Å²) in [6.45, 7) is 0. The van der Waals surface area contributed by atoms with E-state index in [0.29, 0.717) is 28.6 Å². The van der Waals surface area contributed by atoms with Gasteiger partial charge in [0.15, 0.2) is 0 Å². The van der Waals surface area contributed by atoms with E-state index in [9.17, 15) is 0 Å². The summed E-state index contributed by atoms with van der Waals surface area (Å²) < 4.78 is 11.9. The lowest BCUT2D eigenvalue weighted by Gasteiger charge is -2.14. The molecule has 4 N–H and O–H groups in total. The van der Waals surface area contributed by atoms with Crippen LogP contribution < -0.4 is 20.9 Å². The number of rotatable bonds is 5. The Balaban J connectivity index is 1.59. The van der Waals surface area contributed by atoms with E-state index in [-0.39, 0.29) is 0 Å². The second-order valence-electron chi connectivity index (χ2n) is 6.18. The molecule has 4 rings (SSSR count). The molecule has 0 aliphatic heterocycles. The summed E-state index contributed by atoms with van der Waals surface area (Å²) in [5.41, 5.74) is 14.2. The summed E-state index contributed by atoms with van der Waals surface area (Å²) in [4.78, 5) is 4.19. The first-order chi connectivity index (χ1) is 13.7. The molecule has 0 spiro atoms. The molecule has 0 saturated heterocycles. The van der Waals surface area contributed by atoms with Crippen molar-refractivity contribution in [3.8, 4) is 34.1 Å². The van der Waals surface area contributed by atoms with Gasteiger partial charge >= 0.3 is 0 Å². The predicted octanol–water partition coefficient (Wildman–Crippen LogP) is 5.50. The highest BCUT2D eigenvalue weighted by molar-refractivity contribution is 5.81. The Kier molecular flexibility index (Phi) is 4.80. The average Bonchev–Trinajstić information content (AvgIpc) is 2.70. The van der Waals surface area contributed by atoms with E-state index in [1.54, 1.807) is 12.3 Å². The number of para-hydroxylation sites is 1. The van der Waals surface area contributed by atoms with Crippen molar-refractivity contribution in [1.29, 1.82) is 0 Å². The van der Waals surface area contributed by atoms with Gasteiger partial charge in [0.05, 0.1) is 5.56 Å². The monoisotopic (exact) mass is 369 g/mol. The van der Waals surface area contributed by atoms with Crippen molar-refractivity contribution in [3.05, 3.63) is 91.1 Å². The lowest BCUT2D eigenvalue weighted by molar-refractivity contribution is 0.470. The van der Waals surface area contributed by atoms with Crippen molar-refractivity contribution in [2.45, 2.75) is 0 Å². The van der Waals surface area contributed by atoms with Gasteiger partial charge in [0.1, 0.15) is 28.8 Å². The van der Waals surface area contributed by atoms with Gasteiger partial charge in [-0.3, -0.25) is 0 Å². The zero-order valence-electron chi connectivity index (χ0n) is 15.1. The molecule has 0 atom stereocenters. The van der Waals surface area contributed by atoms with Crippen molar-refractivity contribution in [2.75, 3.05) is 11.5 Å². The first-order valence-corrected chi connectivity index (χ1v) is 8.80. The van der Waals surface area contributed by atoms with Crippen LogP contribution >= 0.6 is 0 Å². The van der Waals surface area contributed by atoms with E-state index in [4.69, 9.17) is 20.9 Å². The van der Waals surface area contributed by atoms with Crippen molar-refractivity contribution >= 4 is 11.5 Å². The summed E-state index contributed by atoms with van der Waals surface area (Å²) in [5, 5.41) is 0. The molecular formula is C23H19N3O2. The number of nitrogens with zero attached hydrogens (tertiary/aromatic N) is 1. The van der Waals surface area contributed by atoms with E-state index in [1.165, 1.54) is 0 Å². The molecule has 0 radical (unpaired) electrons. The Bertz CT molecular complexity index is 1080. The number of pyridine rings is 1. The highest BCUT2D eigenvalue weighted by atomic mass is 16.5. The molecule has 0 amide bonds. The third-order valence-electron chi connectivity index (χ3n) is 4.15. The van der Waals surface area contributed by atoms with Crippen molar-refractivity contribution in [1.82, 2.24) is 4.98 Å². The Morgan fingerprint density at radius 1 is 0.643 bits per heavy atom. The first-order valence-electron chi connectivity index (χ1n) is 8.80. The minimum atomic E-state index is 0.382. The maximum Gasteiger partial charge on any atom is 0.140 e. The lowest BCUT2D eigenvalue weighted by atomic mass is 10.0. The van der Waals surface area contributed by atoms with Gasteiger partial charge in [0, 0.05) is 11.9 Å². The molecule has 138 valence electrons. The fourth-order valence-electron chi connectivity index (χ4n) is 2.86. The first kappa shape index (κ1) is 17.4. The molecule has 5 heteroatoms. The number of nitrogen functional groups attached to an aromatic ring is 2. The second kappa shape index (κ2) is 7.72. The highest BCUT2D eigenvalue weighted by Crippen LogP contribution is 2.37. The van der Waals surface area contributed by atoms with Crippen LogP contribution in [0, 0.1) is 0 Å². The number of ether oxygens (including phenoxy) is 2. The molecule has 1 heterocycles. The van der Waals surface area contributed by atoms with E-state index >= 15 is 0 Å². The fraction of sp³-hybridized carbons (Fsp3) is 0. The topological polar surface area (TPSA) is 83.4 Å². The minimum Gasteiger partial charge on any atom is -0.457 e. The molecule has 0 fully saturated rings. The summed E-state index contributed by atoms with van der Waals surface area (Å²) in [6, 6.07) is 26.3. The molecule has 0 unspecified atom stereocenters. The van der Waals surface area contributed by atoms with Gasteiger partial charge in [-0.05, 0) is 60.2 Å². The Morgan fingerprint density at radius 2 is 1.32 bits per heavy atom. The number of nitrogens with two attached hydrogens (primary N) is 2. The van der Waals surface area contributed by atoms with Gasteiger partial charge < -0.3 is 20.9 Å². The molecular weight excluding hydrogens is 350 g/mol. The summed E-state index contributed by atoms with van der Waals surface area (Å²) >= 11 is 0. The summed E-state index contributed by atoms with van der Waals surface area (Å²) in [7, 11) is 0. The minimum absolute atomic E-state index is 0.382. The zero-order chi connectivity index (χ0) is 19.3. The maximum absolute atomic E-state index is 6.12. The standard InChI is InChI=1S/C23H19N3O2/c24-17-6-4-5-16(15-17)22-21(13-14-26-23(22)25)28-20-11-9-19(10-12-20)27-18-7-2-1-3-8-18/h1-15H,24H2,(H2,25,26). The third-order valence-corrected chi connectivity index (χ3v) is 4.15. The van der Waals surface area contributed by atoms with Gasteiger partial charge in [-0.25, -0.2) is 4.98 Å². The van der Waals surface area contributed by atoms with Gasteiger partial charge in [-0.15, -0.1) is 0 Å². The molecule has 1 aromatic heterocycles. The maximum atomic E-state index is 6.12. The molecule has 0 aliphatic carbocycles. The summed E-state index contributed by atoms with van der Waals surface area (Å²) in [6.07, 6.45) is 1.62. The number of benzene rings is 3. The van der Waals surface area contributed by atoms with Crippen LogP contribution in [0.25, 0.3) is 11.1 Å². The second-order valence-corrected chi connectivity index (χ2v) is 6.18. The van der Waals surface area contributed by atoms with E-state index < -0.39 is 0 Å². The number of aromatic nitrogens is 1. The van der Waals surface area contributed by atoms with E-state index in [2.05, 4.69) is 4.98 Å². The van der Waals surface area contributed by atoms with Crippen LogP contribution in [0.2, 0.25) is 0 Å². The summed E-state index contributed by atoms with van der Waals surface area (Å²) in [5.74, 6) is 3.16. The smallest absolute Gasteiger partial charge is 0.140 e. The number of anilines is 2. The molecule has 3 aromatic carbocycles.